The van der Waals surface area contributed by atoms with Crippen LogP contribution in [0.5, 0.6) is 5.75 Å². The second-order valence-corrected chi connectivity index (χ2v) is 14.8. The van der Waals surface area contributed by atoms with Crippen molar-refractivity contribution in [2.24, 2.45) is 0 Å². The van der Waals surface area contributed by atoms with Gasteiger partial charge in [0, 0.05) is 31.4 Å². The Morgan fingerprint density at radius 1 is 0.710 bits per heavy atom. The van der Waals surface area contributed by atoms with Crippen LogP contribution in [0.3, 0.4) is 0 Å². The van der Waals surface area contributed by atoms with Crippen molar-refractivity contribution in [3.05, 3.63) is 172 Å². The minimum atomic E-state index is -3.03. The first kappa shape index (κ1) is 44.6. The molecular weight excluding hydrogens is 804 g/mol. The summed E-state index contributed by atoms with van der Waals surface area (Å²) in [6.45, 7) is 4.49. The van der Waals surface area contributed by atoms with Gasteiger partial charge in [0.25, 0.3) is 0 Å². The van der Waals surface area contributed by atoms with Crippen LogP contribution in [-0.4, -0.2) is 72.1 Å². The van der Waals surface area contributed by atoms with Gasteiger partial charge >= 0.3 is 29.8 Å². The zero-order chi connectivity index (χ0) is 44.6. The number of methoxy groups -OCH3 is 1. The van der Waals surface area contributed by atoms with E-state index in [4.69, 9.17) is 33.2 Å². The van der Waals surface area contributed by atoms with Gasteiger partial charge in [-0.15, -0.1) is 0 Å². The smallest absolute Gasteiger partial charge is 0.338 e. The zero-order valence-corrected chi connectivity index (χ0v) is 34.6. The fourth-order valence-corrected chi connectivity index (χ4v) is 7.37. The SMILES string of the molecule is COc1ccc(Cc2c(F)cc(COC(C)=O)cc2[C@@]2(O)O[C@H]([C@H](C)OC(=O)c3ccccc3)[C@@](C)(OC(C)=O)[C@H](OC(=O)c3ccccc3)[C@H]2OC(=O)c2ccccc2)cc1. The second-order valence-electron chi connectivity index (χ2n) is 14.8. The highest BCUT2D eigenvalue weighted by Crippen LogP contribution is 2.49. The predicted octanol–water partition coefficient (Wildman–Crippen LogP) is 7.05. The molecule has 0 amide bonds. The number of hydrogen-bond acceptors (Lipinski definition) is 13. The number of hydrogen-bond donors (Lipinski definition) is 1. The molecule has 14 heteroatoms. The van der Waals surface area contributed by atoms with Crippen molar-refractivity contribution in [1.29, 1.82) is 0 Å². The summed E-state index contributed by atoms with van der Waals surface area (Å²) < 4.78 is 58.2. The highest BCUT2D eigenvalue weighted by Gasteiger charge is 2.68. The molecule has 1 N–H and O–H groups in total. The fraction of sp³-hybridized carbons (Fsp3) is 0.271. The maximum atomic E-state index is 16.9. The molecule has 6 rings (SSSR count). The van der Waals surface area contributed by atoms with Crippen LogP contribution in [0, 0.1) is 5.82 Å². The molecule has 1 fully saturated rings. The molecule has 5 aromatic rings. The summed E-state index contributed by atoms with van der Waals surface area (Å²) >= 11 is 0. The Labute approximate surface area is 357 Å². The number of benzene rings is 5. The Kier molecular flexibility index (Phi) is 13.8. The summed E-state index contributed by atoms with van der Waals surface area (Å²) in [6.07, 6.45) is -7.55. The van der Waals surface area contributed by atoms with Gasteiger partial charge in [-0.2, -0.15) is 0 Å². The van der Waals surface area contributed by atoms with Gasteiger partial charge in [0.15, 0.2) is 11.7 Å². The maximum Gasteiger partial charge on any atom is 0.338 e. The molecule has 322 valence electrons. The average molecular weight is 849 g/mol. The van der Waals surface area contributed by atoms with Crippen LogP contribution in [-0.2, 0) is 56.8 Å². The number of rotatable bonds is 14. The molecule has 0 aromatic heterocycles. The predicted molar refractivity (Wildman–Crippen MR) is 219 cm³/mol. The molecule has 5 aromatic carbocycles. The van der Waals surface area contributed by atoms with Crippen molar-refractivity contribution < 1.29 is 66.6 Å². The van der Waals surface area contributed by atoms with E-state index in [2.05, 4.69) is 0 Å². The normalized spacial score (nSPS) is 21.1. The molecule has 1 heterocycles. The lowest BCUT2D eigenvalue weighted by Crippen LogP contribution is -2.73. The van der Waals surface area contributed by atoms with E-state index >= 15 is 4.39 Å². The van der Waals surface area contributed by atoms with Crippen molar-refractivity contribution in [2.75, 3.05) is 7.11 Å². The standard InChI is InChI=1S/C48H45FO13/c1-29(58-44(52)34-15-9-6-10-16-34)41-47(4,61-31(3)51)42(59-45(53)35-17-11-7-12-18-35)43(60-46(54)36-19-13-8-14-20-36)48(55,62-41)39-26-33(28-57-30(2)50)27-40(49)38(39)25-32-21-23-37(56-5)24-22-32/h6-24,26-27,29,41-43,55H,25,28H2,1-5H3/t29-,41+,42+,43+,47+,48+/m0/s1. The van der Waals surface area contributed by atoms with Crippen molar-refractivity contribution >= 4 is 29.8 Å². The van der Waals surface area contributed by atoms with E-state index in [1.54, 1.807) is 78.9 Å². The van der Waals surface area contributed by atoms with E-state index < -0.39 is 78.1 Å². The Hall–Kier alpha value is -6.90. The first-order valence-electron chi connectivity index (χ1n) is 19.6. The van der Waals surface area contributed by atoms with Gasteiger partial charge < -0.3 is 38.3 Å². The van der Waals surface area contributed by atoms with Gasteiger partial charge in [0.2, 0.25) is 11.9 Å². The van der Waals surface area contributed by atoms with Gasteiger partial charge in [0.1, 0.15) is 30.4 Å². The molecule has 62 heavy (non-hydrogen) atoms. The van der Waals surface area contributed by atoms with Crippen molar-refractivity contribution in [1.82, 2.24) is 0 Å². The topological polar surface area (TPSA) is 170 Å². The monoisotopic (exact) mass is 848 g/mol. The van der Waals surface area contributed by atoms with Crippen LogP contribution >= 0.6 is 0 Å². The highest BCUT2D eigenvalue weighted by molar-refractivity contribution is 5.91. The summed E-state index contributed by atoms with van der Waals surface area (Å²) in [7, 11) is 1.49. The summed E-state index contributed by atoms with van der Waals surface area (Å²) in [5.74, 6) is -7.88. The molecule has 6 atom stereocenters. The number of carbonyl (C=O) groups excluding carboxylic acids is 5. The quantitative estimate of drug-likeness (QED) is 0.0892. The second kappa shape index (κ2) is 19.2. The Morgan fingerprint density at radius 3 is 1.73 bits per heavy atom. The number of aliphatic hydroxyl groups is 1. The number of esters is 5. The van der Waals surface area contributed by atoms with Crippen molar-refractivity contribution in [2.45, 2.75) is 76.5 Å². The van der Waals surface area contributed by atoms with Crippen LogP contribution in [0.4, 0.5) is 4.39 Å². The Balaban J connectivity index is 1.62. The van der Waals surface area contributed by atoms with E-state index in [1.165, 1.54) is 63.4 Å². The molecule has 0 spiro atoms. The summed E-state index contributed by atoms with van der Waals surface area (Å²) in [5.41, 5.74) is -2.01. The lowest BCUT2D eigenvalue weighted by molar-refractivity contribution is -0.382. The molecule has 0 radical (unpaired) electrons. The minimum Gasteiger partial charge on any atom is -0.497 e. The number of carbonyl (C=O) groups is 5. The third-order valence-corrected chi connectivity index (χ3v) is 10.3. The lowest BCUT2D eigenvalue weighted by Gasteiger charge is -2.55. The summed E-state index contributed by atoms with van der Waals surface area (Å²) in [5, 5.41) is 13.5. The zero-order valence-electron chi connectivity index (χ0n) is 34.6. The first-order valence-corrected chi connectivity index (χ1v) is 19.6. The molecule has 13 nitrogen and oxygen atoms in total. The van der Waals surface area contributed by atoms with Gasteiger partial charge in [-0.25, -0.2) is 18.8 Å². The lowest BCUT2D eigenvalue weighted by atomic mass is 9.76. The molecular formula is C48H45FO13. The number of ether oxygens (including phenoxy) is 7. The molecule has 1 aliphatic rings. The molecule has 1 saturated heterocycles. The molecule has 0 unspecified atom stereocenters. The van der Waals surface area contributed by atoms with E-state index in [1.807, 2.05) is 0 Å². The maximum absolute atomic E-state index is 16.9. The van der Waals surface area contributed by atoms with E-state index in [0.29, 0.717) is 11.3 Å². The average Bonchev–Trinajstić information content (AvgIpc) is 3.26. The molecule has 0 aliphatic carbocycles. The molecule has 0 bridgehead atoms. The Bertz CT molecular complexity index is 2390. The largest absolute Gasteiger partial charge is 0.497 e. The van der Waals surface area contributed by atoms with Crippen LogP contribution in [0.25, 0.3) is 0 Å². The third kappa shape index (κ3) is 9.99. The van der Waals surface area contributed by atoms with Gasteiger partial charge in [-0.05, 0) is 85.6 Å². The van der Waals surface area contributed by atoms with E-state index in [9.17, 15) is 29.1 Å². The van der Waals surface area contributed by atoms with Crippen LogP contribution in [0.1, 0.15) is 81.0 Å². The molecule has 1 aliphatic heterocycles. The summed E-state index contributed by atoms with van der Waals surface area (Å²) in [4.78, 5) is 67.0. The fourth-order valence-electron chi connectivity index (χ4n) is 7.37. The van der Waals surface area contributed by atoms with Crippen LogP contribution in [0.2, 0.25) is 0 Å². The third-order valence-electron chi connectivity index (χ3n) is 10.3. The minimum absolute atomic E-state index is 0.00213. The van der Waals surface area contributed by atoms with E-state index in [0.717, 1.165) is 19.9 Å². The first-order chi connectivity index (χ1) is 29.6. The van der Waals surface area contributed by atoms with Crippen LogP contribution in [0.15, 0.2) is 127 Å². The van der Waals surface area contributed by atoms with Gasteiger partial charge in [0.05, 0.1) is 23.8 Å². The van der Waals surface area contributed by atoms with Crippen molar-refractivity contribution in [3.63, 3.8) is 0 Å². The highest BCUT2D eigenvalue weighted by atomic mass is 19.1. The van der Waals surface area contributed by atoms with Gasteiger partial charge in [-0.3, -0.25) is 9.59 Å². The summed E-state index contributed by atoms with van der Waals surface area (Å²) in [6, 6.07) is 32.4. The number of halogens is 1. The van der Waals surface area contributed by atoms with Gasteiger partial charge in [-0.1, -0.05) is 66.7 Å². The Morgan fingerprint density at radius 2 is 1.23 bits per heavy atom. The van der Waals surface area contributed by atoms with Crippen molar-refractivity contribution in [3.8, 4) is 5.75 Å². The van der Waals surface area contributed by atoms with E-state index in [-0.39, 0.29) is 39.8 Å². The molecule has 0 saturated carbocycles. The van der Waals surface area contributed by atoms with Crippen LogP contribution < -0.4 is 4.74 Å².